The van der Waals surface area contributed by atoms with Crippen molar-refractivity contribution in [2.24, 2.45) is 11.8 Å². The molecule has 1 aliphatic rings. The Bertz CT molecular complexity index is 600. The van der Waals surface area contributed by atoms with Crippen LogP contribution in [0.15, 0.2) is 33.6 Å². The molecule has 1 aromatic rings. The number of halogens is 1. The van der Waals surface area contributed by atoms with E-state index < -0.39 is 10.0 Å². The second-order valence-corrected chi connectivity index (χ2v) is 7.89. The normalized spacial score (nSPS) is 23.3. The zero-order valence-electron chi connectivity index (χ0n) is 11.3. The largest absolute Gasteiger partial charge is 0.274 e. The molecule has 1 aliphatic carbocycles. The summed E-state index contributed by atoms with van der Waals surface area (Å²) in [4.78, 5) is 12.3. The van der Waals surface area contributed by atoms with E-state index in [-0.39, 0.29) is 22.6 Å². The number of carbonyl (C=O) groups excluding carboxylic acids is 1. The van der Waals surface area contributed by atoms with Gasteiger partial charge in [-0.2, -0.15) is 0 Å². The second-order valence-electron chi connectivity index (χ2n) is 5.30. The smallest absolute Gasteiger partial charge is 0.264 e. The van der Waals surface area contributed by atoms with Gasteiger partial charge in [-0.25, -0.2) is 13.1 Å². The topological polar surface area (TPSA) is 63.2 Å². The van der Waals surface area contributed by atoms with Gasteiger partial charge < -0.3 is 0 Å². The van der Waals surface area contributed by atoms with Gasteiger partial charge in [0.25, 0.3) is 10.0 Å². The predicted molar refractivity (Wildman–Crippen MR) is 80.6 cm³/mol. The number of sulfonamides is 1. The Labute approximate surface area is 128 Å². The van der Waals surface area contributed by atoms with E-state index in [1.54, 1.807) is 12.1 Å². The molecule has 0 saturated heterocycles. The van der Waals surface area contributed by atoms with Gasteiger partial charge in [-0.05, 0) is 37.0 Å². The van der Waals surface area contributed by atoms with E-state index in [0.717, 1.165) is 25.7 Å². The van der Waals surface area contributed by atoms with Crippen molar-refractivity contribution in [3.8, 4) is 0 Å². The quantitative estimate of drug-likeness (QED) is 0.901. The maximum atomic E-state index is 12.2. The third-order valence-corrected chi connectivity index (χ3v) is 5.63. The lowest BCUT2D eigenvalue weighted by Gasteiger charge is -2.27. The molecule has 2 unspecified atom stereocenters. The van der Waals surface area contributed by atoms with Crippen LogP contribution in [-0.4, -0.2) is 14.3 Å². The summed E-state index contributed by atoms with van der Waals surface area (Å²) in [5.41, 5.74) is 0. The Morgan fingerprint density at radius 3 is 2.65 bits per heavy atom. The Kier molecular flexibility index (Phi) is 4.86. The molecule has 4 nitrogen and oxygen atoms in total. The molecule has 1 fully saturated rings. The summed E-state index contributed by atoms with van der Waals surface area (Å²) in [6, 6.07) is 6.33. The van der Waals surface area contributed by atoms with Crippen molar-refractivity contribution in [1.82, 2.24) is 4.72 Å². The fourth-order valence-electron chi connectivity index (χ4n) is 2.61. The lowest BCUT2D eigenvalue weighted by atomic mass is 9.80. The van der Waals surface area contributed by atoms with Crippen LogP contribution in [0.5, 0.6) is 0 Å². The molecule has 1 amide bonds. The van der Waals surface area contributed by atoms with Gasteiger partial charge in [0.2, 0.25) is 5.91 Å². The van der Waals surface area contributed by atoms with Crippen molar-refractivity contribution in [1.29, 1.82) is 0 Å². The maximum absolute atomic E-state index is 12.2. The van der Waals surface area contributed by atoms with E-state index in [1.807, 2.05) is 6.92 Å². The summed E-state index contributed by atoms with van der Waals surface area (Å²) < 4.78 is 27.3. The fourth-order valence-corrected chi connectivity index (χ4v) is 4.23. The molecule has 0 aromatic heterocycles. The molecule has 0 aliphatic heterocycles. The van der Waals surface area contributed by atoms with E-state index in [1.165, 1.54) is 12.1 Å². The summed E-state index contributed by atoms with van der Waals surface area (Å²) >= 11 is 3.23. The first-order valence-electron chi connectivity index (χ1n) is 6.72. The first-order valence-corrected chi connectivity index (χ1v) is 9.00. The van der Waals surface area contributed by atoms with Gasteiger partial charge in [0.1, 0.15) is 0 Å². The Morgan fingerprint density at radius 1 is 1.30 bits per heavy atom. The van der Waals surface area contributed by atoms with Crippen LogP contribution in [0, 0.1) is 11.8 Å². The number of benzene rings is 1. The van der Waals surface area contributed by atoms with Gasteiger partial charge in [0, 0.05) is 10.4 Å². The Balaban J connectivity index is 2.14. The number of carbonyl (C=O) groups is 1. The van der Waals surface area contributed by atoms with E-state index in [9.17, 15) is 13.2 Å². The van der Waals surface area contributed by atoms with E-state index in [2.05, 4.69) is 20.7 Å². The molecular weight excluding hydrogens is 342 g/mol. The zero-order valence-corrected chi connectivity index (χ0v) is 13.7. The highest BCUT2D eigenvalue weighted by molar-refractivity contribution is 9.10. The second kappa shape index (κ2) is 6.26. The molecule has 2 atom stereocenters. The highest BCUT2D eigenvalue weighted by atomic mass is 79.9. The van der Waals surface area contributed by atoms with Gasteiger partial charge in [-0.1, -0.05) is 41.8 Å². The monoisotopic (exact) mass is 359 g/mol. The minimum atomic E-state index is -3.78. The van der Waals surface area contributed by atoms with Crippen LogP contribution >= 0.6 is 15.9 Å². The molecule has 1 saturated carbocycles. The SMILES string of the molecule is CC1CCCCC1C(=O)NS(=O)(=O)c1cccc(Br)c1. The molecule has 1 aromatic carbocycles. The third-order valence-electron chi connectivity index (χ3n) is 3.79. The molecule has 0 bridgehead atoms. The van der Waals surface area contributed by atoms with Gasteiger partial charge in [-0.15, -0.1) is 0 Å². The van der Waals surface area contributed by atoms with Crippen LogP contribution in [0.2, 0.25) is 0 Å². The molecule has 20 heavy (non-hydrogen) atoms. The molecule has 0 spiro atoms. The Hall–Kier alpha value is -0.880. The van der Waals surface area contributed by atoms with Gasteiger partial charge in [0.15, 0.2) is 0 Å². The minimum absolute atomic E-state index is 0.101. The number of hydrogen-bond donors (Lipinski definition) is 1. The number of nitrogens with one attached hydrogen (secondary N) is 1. The van der Waals surface area contributed by atoms with Gasteiger partial charge >= 0.3 is 0 Å². The molecular formula is C14H18BrNO3S. The van der Waals surface area contributed by atoms with Gasteiger partial charge in [0.05, 0.1) is 4.90 Å². The molecule has 1 N–H and O–H groups in total. The lowest BCUT2D eigenvalue weighted by Crippen LogP contribution is -2.39. The van der Waals surface area contributed by atoms with Crippen molar-refractivity contribution in [3.05, 3.63) is 28.7 Å². The predicted octanol–water partition coefficient (Wildman–Crippen LogP) is 3.08. The van der Waals surface area contributed by atoms with Crippen molar-refractivity contribution >= 4 is 31.9 Å². The van der Waals surface area contributed by atoms with Crippen molar-refractivity contribution < 1.29 is 13.2 Å². The fraction of sp³-hybridized carbons (Fsp3) is 0.500. The standard InChI is InChI=1S/C14H18BrNO3S/c1-10-5-2-3-8-13(10)14(17)16-20(18,19)12-7-4-6-11(15)9-12/h4,6-7,9-10,13H,2-3,5,8H2,1H3,(H,16,17). The summed E-state index contributed by atoms with van der Waals surface area (Å²) in [6.07, 6.45) is 3.85. The lowest BCUT2D eigenvalue weighted by molar-refractivity contribution is -0.125. The number of rotatable bonds is 3. The average Bonchev–Trinajstić information content (AvgIpc) is 2.38. The average molecular weight is 360 g/mol. The van der Waals surface area contributed by atoms with Crippen LogP contribution in [0.1, 0.15) is 32.6 Å². The van der Waals surface area contributed by atoms with E-state index >= 15 is 0 Å². The molecule has 6 heteroatoms. The summed E-state index contributed by atoms with van der Waals surface area (Å²) in [7, 11) is -3.78. The highest BCUT2D eigenvalue weighted by Gasteiger charge is 2.30. The van der Waals surface area contributed by atoms with Crippen molar-refractivity contribution in [2.45, 2.75) is 37.5 Å². The molecule has 2 rings (SSSR count). The van der Waals surface area contributed by atoms with Crippen molar-refractivity contribution in [2.75, 3.05) is 0 Å². The van der Waals surface area contributed by atoms with Crippen LogP contribution in [0.25, 0.3) is 0 Å². The summed E-state index contributed by atoms with van der Waals surface area (Å²) in [6.45, 7) is 2.01. The number of amides is 1. The highest BCUT2D eigenvalue weighted by Crippen LogP contribution is 2.30. The first kappa shape index (κ1) is 15.5. The van der Waals surface area contributed by atoms with E-state index in [4.69, 9.17) is 0 Å². The third kappa shape index (κ3) is 3.61. The summed E-state index contributed by atoms with van der Waals surface area (Å²) in [5, 5.41) is 0. The molecule has 110 valence electrons. The van der Waals surface area contributed by atoms with Crippen molar-refractivity contribution in [3.63, 3.8) is 0 Å². The first-order chi connectivity index (χ1) is 9.40. The van der Waals surface area contributed by atoms with Crippen LogP contribution < -0.4 is 4.72 Å². The minimum Gasteiger partial charge on any atom is -0.274 e. The Morgan fingerprint density at radius 2 is 2.00 bits per heavy atom. The van der Waals surface area contributed by atoms with Gasteiger partial charge in [-0.3, -0.25) is 4.79 Å². The number of hydrogen-bond acceptors (Lipinski definition) is 3. The molecule has 0 heterocycles. The summed E-state index contributed by atoms with van der Waals surface area (Å²) in [5.74, 6) is -0.343. The van der Waals surface area contributed by atoms with Crippen LogP contribution in [0.4, 0.5) is 0 Å². The molecule has 0 radical (unpaired) electrons. The van der Waals surface area contributed by atoms with Crippen LogP contribution in [0.3, 0.4) is 0 Å². The maximum Gasteiger partial charge on any atom is 0.264 e. The van der Waals surface area contributed by atoms with E-state index in [0.29, 0.717) is 4.47 Å². The van der Waals surface area contributed by atoms with Crippen LogP contribution in [-0.2, 0) is 14.8 Å². The zero-order chi connectivity index (χ0) is 14.8.